The summed E-state index contributed by atoms with van der Waals surface area (Å²) >= 11 is 0. The van der Waals surface area contributed by atoms with Gasteiger partial charge in [-0.25, -0.2) is 0 Å². The zero-order chi connectivity index (χ0) is 14.4. The van der Waals surface area contributed by atoms with E-state index in [4.69, 9.17) is 0 Å². The fraction of sp³-hybridized carbons (Fsp3) is 0.444. The Morgan fingerprint density at radius 1 is 0.737 bits per heavy atom. The number of rotatable bonds is 2. The SMILES string of the molecule is CC1=C(C)C(c2ccccc2)([Si](C)(C)C)C(C)=C1C. The molecule has 0 saturated carbocycles. The van der Waals surface area contributed by atoms with Gasteiger partial charge in [-0.3, -0.25) is 0 Å². The topological polar surface area (TPSA) is 0 Å². The average molecular weight is 270 g/mol. The Morgan fingerprint density at radius 3 is 1.53 bits per heavy atom. The van der Waals surface area contributed by atoms with Crippen molar-refractivity contribution in [3.8, 4) is 0 Å². The molecule has 1 aliphatic rings. The van der Waals surface area contributed by atoms with E-state index in [1.54, 1.807) is 11.1 Å². The molecular weight excluding hydrogens is 244 g/mol. The lowest BCUT2D eigenvalue weighted by atomic mass is 9.87. The van der Waals surface area contributed by atoms with Crippen molar-refractivity contribution in [2.24, 2.45) is 0 Å². The minimum Gasteiger partial charge on any atom is -0.0683 e. The van der Waals surface area contributed by atoms with Gasteiger partial charge in [0.2, 0.25) is 0 Å². The van der Waals surface area contributed by atoms with Crippen LogP contribution in [0.25, 0.3) is 0 Å². The predicted molar refractivity (Wildman–Crippen MR) is 88.2 cm³/mol. The molecule has 0 heterocycles. The van der Waals surface area contributed by atoms with Gasteiger partial charge in [0.1, 0.15) is 0 Å². The van der Waals surface area contributed by atoms with E-state index in [-0.39, 0.29) is 5.04 Å². The van der Waals surface area contributed by atoms with Gasteiger partial charge in [0.25, 0.3) is 0 Å². The molecule has 1 aromatic rings. The molecule has 0 fully saturated rings. The summed E-state index contributed by atoms with van der Waals surface area (Å²) in [4.78, 5) is 0. The quantitative estimate of drug-likeness (QED) is 0.623. The summed E-state index contributed by atoms with van der Waals surface area (Å²) in [5.41, 5.74) is 7.65. The lowest BCUT2D eigenvalue weighted by molar-refractivity contribution is 0.796. The molecule has 0 radical (unpaired) electrons. The van der Waals surface area contributed by atoms with Crippen molar-refractivity contribution in [3.63, 3.8) is 0 Å². The first-order chi connectivity index (χ1) is 8.74. The van der Waals surface area contributed by atoms with Crippen LogP contribution in [-0.2, 0) is 5.04 Å². The van der Waals surface area contributed by atoms with Crippen LogP contribution in [-0.4, -0.2) is 8.07 Å². The molecule has 1 aliphatic carbocycles. The van der Waals surface area contributed by atoms with E-state index in [9.17, 15) is 0 Å². The van der Waals surface area contributed by atoms with Gasteiger partial charge < -0.3 is 0 Å². The predicted octanol–water partition coefficient (Wildman–Crippen LogP) is 5.49. The Morgan fingerprint density at radius 2 is 1.16 bits per heavy atom. The van der Waals surface area contributed by atoms with Crippen LogP contribution in [0, 0.1) is 0 Å². The molecule has 19 heavy (non-hydrogen) atoms. The normalized spacial score (nSPS) is 19.3. The monoisotopic (exact) mass is 270 g/mol. The first-order valence-corrected chi connectivity index (χ1v) is 10.7. The third-order valence-corrected chi connectivity index (χ3v) is 8.43. The standard InChI is InChI=1S/C18H26Si/c1-13-14(2)16(4)18(15(13)3,19(5,6)7)17-11-9-8-10-12-17/h8-12H,1-7H3. The molecule has 2 rings (SSSR count). The zero-order valence-corrected chi connectivity index (χ0v) is 14.4. The van der Waals surface area contributed by atoms with Gasteiger partial charge in [-0.1, -0.05) is 61.1 Å². The molecule has 0 aromatic heterocycles. The van der Waals surface area contributed by atoms with Crippen molar-refractivity contribution in [3.05, 3.63) is 58.2 Å². The molecule has 0 atom stereocenters. The van der Waals surface area contributed by atoms with Crippen LogP contribution in [0.1, 0.15) is 33.3 Å². The highest BCUT2D eigenvalue weighted by atomic mass is 28.3. The van der Waals surface area contributed by atoms with Gasteiger partial charge in [0.05, 0.1) is 8.07 Å². The van der Waals surface area contributed by atoms with Crippen LogP contribution in [0.3, 0.4) is 0 Å². The molecular formula is C18H26Si. The number of allylic oxidation sites excluding steroid dienone is 4. The van der Waals surface area contributed by atoms with Gasteiger partial charge in [-0.2, -0.15) is 0 Å². The highest BCUT2D eigenvalue weighted by Crippen LogP contribution is 2.53. The summed E-state index contributed by atoms with van der Waals surface area (Å²) in [5, 5.41) is 0.183. The summed E-state index contributed by atoms with van der Waals surface area (Å²) < 4.78 is 0. The van der Waals surface area contributed by atoms with Crippen LogP contribution in [0.2, 0.25) is 19.6 Å². The van der Waals surface area contributed by atoms with Gasteiger partial charge >= 0.3 is 0 Å². The Bertz CT molecular complexity index is 529. The van der Waals surface area contributed by atoms with E-state index < -0.39 is 8.07 Å². The van der Waals surface area contributed by atoms with E-state index in [1.165, 1.54) is 16.7 Å². The molecule has 0 saturated heterocycles. The summed E-state index contributed by atoms with van der Waals surface area (Å²) in [5.74, 6) is 0. The Balaban J connectivity index is 2.84. The molecule has 0 spiro atoms. The first kappa shape index (κ1) is 14.3. The first-order valence-electron chi connectivity index (χ1n) is 7.16. The average Bonchev–Trinajstić information content (AvgIpc) is 2.52. The van der Waals surface area contributed by atoms with E-state index in [2.05, 4.69) is 77.7 Å². The number of benzene rings is 1. The van der Waals surface area contributed by atoms with Crippen LogP contribution in [0.5, 0.6) is 0 Å². The third kappa shape index (κ3) is 1.79. The Hall–Kier alpha value is -1.08. The van der Waals surface area contributed by atoms with Crippen LogP contribution in [0.4, 0.5) is 0 Å². The largest absolute Gasteiger partial charge is 0.0683 e. The molecule has 0 aliphatic heterocycles. The molecule has 0 nitrogen and oxygen atoms in total. The van der Waals surface area contributed by atoms with Gasteiger partial charge in [-0.05, 0) is 44.4 Å². The molecule has 1 heteroatoms. The van der Waals surface area contributed by atoms with E-state index in [0.717, 1.165) is 0 Å². The van der Waals surface area contributed by atoms with Crippen molar-refractivity contribution in [2.75, 3.05) is 0 Å². The number of hydrogen-bond donors (Lipinski definition) is 0. The smallest absolute Gasteiger partial charge is 0.0659 e. The minimum absolute atomic E-state index is 0.183. The second-order valence-corrected chi connectivity index (χ2v) is 12.1. The number of hydrogen-bond acceptors (Lipinski definition) is 0. The van der Waals surface area contributed by atoms with Crippen molar-refractivity contribution in [2.45, 2.75) is 52.4 Å². The maximum Gasteiger partial charge on any atom is 0.0659 e. The molecule has 0 bridgehead atoms. The summed E-state index contributed by atoms with van der Waals surface area (Å²) in [7, 11) is -1.44. The molecule has 0 unspecified atom stereocenters. The van der Waals surface area contributed by atoms with Gasteiger partial charge in [-0.15, -0.1) is 0 Å². The maximum absolute atomic E-state index is 2.50. The second-order valence-electron chi connectivity index (χ2n) is 6.87. The van der Waals surface area contributed by atoms with Crippen molar-refractivity contribution in [1.29, 1.82) is 0 Å². The van der Waals surface area contributed by atoms with Crippen molar-refractivity contribution >= 4 is 8.07 Å². The van der Waals surface area contributed by atoms with Crippen molar-refractivity contribution in [1.82, 2.24) is 0 Å². The van der Waals surface area contributed by atoms with E-state index in [1.807, 2.05) is 0 Å². The highest BCUT2D eigenvalue weighted by molar-refractivity contribution is 6.80. The third-order valence-electron chi connectivity index (χ3n) is 5.14. The van der Waals surface area contributed by atoms with E-state index in [0.29, 0.717) is 0 Å². The van der Waals surface area contributed by atoms with Crippen LogP contribution < -0.4 is 0 Å². The fourth-order valence-electron chi connectivity index (χ4n) is 4.09. The van der Waals surface area contributed by atoms with Crippen LogP contribution in [0.15, 0.2) is 52.6 Å². The van der Waals surface area contributed by atoms with Gasteiger partial charge in [0, 0.05) is 5.04 Å². The molecule has 0 amide bonds. The molecule has 0 N–H and O–H groups in total. The van der Waals surface area contributed by atoms with Crippen LogP contribution >= 0.6 is 0 Å². The van der Waals surface area contributed by atoms with E-state index >= 15 is 0 Å². The Kier molecular flexibility index (Phi) is 3.38. The minimum atomic E-state index is -1.44. The molecule has 1 aromatic carbocycles. The molecule has 102 valence electrons. The fourth-order valence-corrected chi connectivity index (χ4v) is 7.74. The van der Waals surface area contributed by atoms with Gasteiger partial charge in [0.15, 0.2) is 0 Å². The zero-order valence-electron chi connectivity index (χ0n) is 13.4. The second kappa shape index (κ2) is 4.48. The summed E-state index contributed by atoms with van der Waals surface area (Å²) in [6, 6.07) is 11.1. The lowest BCUT2D eigenvalue weighted by Gasteiger charge is -2.45. The highest BCUT2D eigenvalue weighted by Gasteiger charge is 2.51. The summed E-state index contributed by atoms with van der Waals surface area (Å²) in [6.07, 6.45) is 0. The summed E-state index contributed by atoms with van der Waals surface area (Å²) in [6.45, 7) is 16.8. The van der Waals surface area contributed by atoms with Crippen molar-refractivity contribution < 1.29 is 0 Å². The maximum atomic E-state index is 2.50. The Labute approximate surface area is 119 Å². The lowest BCUT2D eigenvalue weighted by Crippen LogP contribution is -2.50.